The first kappa shape index (κ1) is 22.3. The molecular formula is C23H32N2O2S. The van der Waals surface area contributed by atoms with Crippen molar-refractivity contribution in [3.63, 3.8) is 0 Å². The van der Waals surface area contributed by atoms with Gasteiger partial charge in [0.25, 0.3) is 5.91 Å². The van der Waals surface area contributed by atoms with Gasteiger partial charge in [-0.3, -0.25) is 9.78 Å². The number of carbonyl (C=O) groups is 1. The number of hydrogen-bond acceptors (Lipinski definition) is 4. The zero-order valence-corrected chi connectivity index (χ0v) is 18.6. The Morgan fingerprint density at radius 3 is 2.07 bits per heavy atom. The summed E-state index contributed by atoms with van der Waals surface area (Å²) in [5.41, 5.74) is 1.72. The third-order valence-corrected chi connectivity index (χ3v) is 5.61. The van der Waals surface area contributed by atoms with Crippen molar-refractivity contribution >= 4 is 17.7 Å². The van der Waals surface area contributed by atoms with Crippen LogP contribution in [0.25, 0.3) is 0 Å². The van der Waals surface area contributed by atoms with Crippen LogP contribution in [0.4, 0.5) is 0 Å². The molecule has 28 heavy (non-hydrogen) atoms. The standard InChI is InChI=1S/C23H32N2O2S/c1-22(2,3)18-14-16(15-19(20(18)26)23(4,5)6)21(27)25-10-7-13-28-17-8-11-24-12-9-17/h8-9,11-12,14-15,26H,7,10,13H2,1-6H3,(H,25,27). The lowest BCUT2D eigenvalue weighted by atomic mass is 9.78. The Morgan fingerprint density at radius 1 is 1.04 bits per heavy atom. The molecule has 1 aromatic carbocycles. The molecule has 0 saturated heterocycles. The molecule has 5 heteroatoms. The second kappa shape index (κ2) is 8.99. The number of phenols is 1. The van der Waals surface area contributed by atoms with Crippen molar-refractivity contribution in [2.45, 2.75) is 63.7 Å². The lowest BCUT2D eigenvalue weighted by molar-refractivity contribution is 0.0953. The third-order valence-electron chi connectivity index (χ3n) is 4.51. The molecule has 0 fully saturated rings. The molecule has 2 rings (SSSR count). The van der Waals surface area contributed by atoms with E-state index in [1.807, 2.05) is 65.8 Å². The van der Waals surface area contributed by atoms with E-state index < -0.39 is 0 Å². The van der Waals surface area contributed by atoms with Crippen molar-refractivity contribution in [1.29, 1.82) is 0 Å². The fourth-order valence-electron chi connectivity index (χ4n) is 2.91. The van der Waals surface area contributed by atoms with Gasteiger partial charge in [0, 0.05) is 40.5 Å². The first-order valence-corrected chi connectivity index (χ1v) is 10.7. The number of pyridine rings is 1. The third kappa shape index (κ3) is 5.99. The fraction of sp³-hybridized carbons (Fsp3) is 0.478. The quantitative estimate of drug-likeness (QED) is 0.510. The Hall–Kier alpha value is -2.01. The molecule has 4 nitrogen and oxygen atoms in total. The maximum Gasteiger partial charge on any atom is 0.251 e. The maximum atomic E-state index is 12.7. The number of rotatable bonds is 6. The van der Waals surface area contributed by atoms with Crippen LogP contribution in [0.15, 0.2) is 41.6 Å². The van der Waals surface area contributed by atoms with E-state index in [4.69, 9.17) is 0 Å². The van der Waals surface area contributed by atoms with Gasteiger partial charge in [0.1, 0.15) is 5.75 Å². The second-order valence-corrected chi connectivity index (χ2v) is 10.2. The van der Waals surface area contributed by atoms with E-state index >= 15 is 0 Å². The van der Waals surface area contributed by atoms with Gasteiger partial charge in [-0.1, -0.05) is 41.5 Å². The summed E-state index contributed by atoms with van der Waals surface area (Å²) in [6, 6.07) is 7.63. The summed E-state index contributed by atoms with van der Waals surface area (Å²) in [6.45, 7) is 12.9. The Balaban J connectivity index is 2.05. The first-order valence-electron chi connectivity index (χ1n) is 9.69. The summed E-state index contributed by atoms with van der Waals surface area (Å²) in [5, 5.41) is 13.8. The van der Waals surface area contributed by atoms with Gasteiger partial charge < -0.3 is 10.4 Å². The Labute approximate surface area is 173 Å². The minimum absolute atomic E-state index is 0.0927. The minimum Gasteiger partial charge on any atom is -0.507 e. The monoisotopic (exact) mass is 400 g/mol. The van der Waals surface area contributed by atoms with Crippen molar-refractivity contribution in [3.05, 3.63) is 53.3 Å². The molecule has 0 aliphatic heterocycles. The molecule has 2 N–H and O–H groups in total. The zero-order valence-electron chi connectivity index (χ0n) is 17.8. The number of benzene rings is 1. The summed E-state index contributed by atoms with van der Waals surface area (Å²) in [4.78, 5) is 17.9. The molecule has 0 aliphatic carbocycles. The maximum absolute atomic E-state index is 12.7. The van der Waals surface area contributed by atoms with E-state index in [1.165, 1.54) is 4.90 Å². The van der Waals surface area contributed by atoms with Crippen LogP contribution in [0.3, 0.4) is 0 Å². The number of thioether (sulfide) groups is 1. The molecule has 152 valence electrons. The van der Waals surface area contributed by atoms with Gasteiger partial charge in [0.15, 0.2) is 0 Å². The van der Waals surface area contributed by atoms with Crippen molar-refractivity contribution in [1.82, 2.24) is 10.3 Å². The highest BCUT2D eigenvalue weighted by Gasteiger charge is 2.27. The highest BCUT2D eigenvalue weighted by atomic mass is 32.2. The molecule has 0 atom stereocenters. The summed E-state index contributed by atoms with van der Waals surface area (Å²) in [6.07, 6.45) is 4.46. The number of amides is 1. The van der Waals surface area contributed by atoms with E-state index in [0.29, 0.717) is 17.9 Å². The lowest BCUT2D eigenvalue weighted by Gasteiger charge is -2.28. The molecule has 0 saturated carbocycles. The second-order valence-electron chi connectivity index (χ2n) is 9.06. The molecule has 0 radical (unpaired) electrons. The van der Waals surface area contributed by atoms with Crippen molar-refractivity contribution in [2.24, 2.45) is 0 Å². The van der Waals surface area contributed by atoms with Crippen LogP contribution in [0.1, 0.15) is 69.4 Å². The van der Waals surface area contributed by atoms with Crippen LogP contribution in [-0.2, 0) is 10.8 Å². The Morgan fingerprint density at radius 2 is 1.57 bits per heavy atom. The Kier molecular flexibility index (Phi) is 7.16. The van der Waals surface area contributed by atoms with Crippen LogP contribution in [-0.4, -0.2) is 28.3 Å². The van der Waals surface area contributed by atoms with Gasteiger partial charge in [-0.15, -0.1) is 11.8 Å². The van der Waals surface area contributed by atoms with E-state index in [9.17, 15) is 9.90 Å². The molecule has 1 heterocycles. The number of hydrogen-bond donors (Lipinski definition) is 2. The van der Waals surface area contributed by atoms with Crippen LogP contribution >= 0.6 is 11.8 Å². The van der Waals surface area contributed by atoms with Gasteiger partial charge in [0.2, 0.25) is 0 Å². The number of nitrogens with zero attached hydrogens (tertiary/aromatic N) is 1. The number of aromatic nitrogens is 1. The summed E-state index contributed by atoms with van der Waals surface area (Å²) < 4.78 is 0. The molecule has 0 aliphatic rings. The molecule has 2 aromatic rings. The van der Waals surface area contributed by atoms with E-state index in [-0.39, 0.29) is 16.7 Å². The van der Waals surface area contributed by atoms with Gasteiger partial charge >= 0.3 is 0 Å². The van der Waals surface area contributed by atoms with Crippen LogP contribution in [0.2, 0.25) is 0 Å². The molecule has 0 unspecified atom stereocenters. The number of aromatic hydroxyl groups is 1. The highest BCUT2D eigenvalue weighted by molar-refractivity contribution is 7.99. The fourth-order valence-corrected chi connectivity index (χ4v) is 3.75. The van der Waals surface area contributed by atoms with Crippen LogP contribution < -0.4 is 5.32 Å². The molecule has 1 amide bonds. The largest absolute Gasteiger partial charge is 0.507 e. The lowest BCUT2D eigenvalue weighted by Crippen LogP contribution is -2.26. The van der Waals surface area contributed by atoms with Gasteiger partial charge in [-0.25, -0.2) is 0 Å². The predicted octanol–water partition coefficient (Wildman–Crippen LogP) is 5.29. The average Bonchev–Trinajstić information content (AvgIpc) is 2.60. The first-order chi connectivity index (χ1) is 13.0. The smallest absolute Gasteiger partial charge is 0.251 e. The van der Waals surface area contributed by atoms with Crippen LogP contribution in [0, 0.1) is 0 Å². The van der Waals surface area contributed by atoms with Crippen molar-refractivity contribution < 1.29 is 9.90 Å². The van der Waals surface area contributed by atoms with Gasteiger partial charge in [-0.05, 0) is 47.3 Å². The molecule has 1 aromatic heterocycles. The topological polar surface area (TPSA) is 62.2 Å². The highest BCUT2D eigenvalue weighted by Crippen LogP contribution is 2.39. The minimum atomic E-state index is -0.248. The number of nitrogens with one attached hydrogen (secondary N) is 1. The zero-order chi connectivity index (χ0) is 20.9. The van der Waals surface area contributed by atoms with Gasteiger partial charge in [0.05, 0.1) is 0 Å². The molecular weight excluding hydrogens is 368 g/mol. The normalized spacial score (nSPS) is 12.1. The molecule has 0 spiro atoms. The van der Waals surface area contributed by atoms with E-state index in [0.717, 1.165) is 23.3 Å². The van der Waals surface area contributed by atoms with Crippen molar-refractivity contribution in [3.8, 4) is 5.75 Å². The van der Waals surface area contributed by atoms with Gasteiger partial charge in [-0.2, -0.15) is 0 Å². The Bertz CT molecular complexity index is 771. The van der Waals surface area contributed by atoms with Crippen molar-refractivity contribution in [2.75, 3.05) is 12.3 Å². The average molecular weight is 401 g/mol. The predicted molar refractivity (Wildman–Crippen MR) is 117 cm³/mol. The van der Waals surface area contributed by atoms with E-state index in [2.05, 4.69) is 10.3 Å². The summed E-state index contributed by atoms with van der Waals surface area (Å²) in [5.74, 6) is 1.13. The number of carbonyl (C=O) groups excluding carboxylic acids is 1. The summed E-state index contributed by atoms with van der Waals surface area (Å²) in [7, 11) is 0. The number of phenolic OH excluding ortho intramolecular Hbond substituents is 1. The molecule has 0 bridgehead atoms. The summed E-state index contributed by atoms with van der Waals surface area (Å²) >= 11 is 1.76. The SMILES string of the molecule is CC(C)(C)c1cc(C(=O)NCCCSc2ccncc2)cc(C(C)(C)C)c1O. The van der Waals surface area contributed by atoms with E-state index in [1.54, 1.807) is 24.2 Å². The van der Waals surface area contributed by atoms with Crippen LogP contribution in [0.5, 0.6) is 5.75 Å².